The van der Waals surface area contributed by atoms with Crippen molar-refractivity contribution in [3.63, 3.8) is 0 Å². The minimum Gasteiger partial charge on any atom is -0.369 e. The number of anilines is 1. The minimum absolute atomic E-state index is 0.0558. The van der Waals surface area contributed by atoms with Crippen LogP contribution in [0.1, 0.15) is 19.3 Å². The third kappa shape index (κ3) is 4.49. The van der Waals surface area contributed by atoms with E-state index < -0.39 is 11.6 Å². The molecule has 1 aliphatic heterocycles. The standard InChI is InChI=1S/C15H19F2N3O2/c16-12-2-1-11(9-13(12)17)19-14(21)5-8-20-6-3-10(4-7-20)15(18)22/h1-2,9-10H,3-8H2,(H2,18,22)(H,19,21)/p+1. The first-order chi connectivity index (χ1) is 10.5. The number of quaternary nitrogens is 1. The van der Waals surface area contributed by atoms with Gasteiger partial charge in [0.1, 0.15) is 0 Å². The lowest BCUT2D eigenvalue weighted by atomic mass is 9.96. The highest BCUT2D eigenvalue weighted by Gasteiger charge is 2.25. The molecule has 22 heavy (non-hydrogen) atoms. The molecular formula is C15H20F2N3O2+. The van der Waals surface area contributed by atoms with Crippen molar-refractivity contribution in [1.82, 2.24) is 0 Å². The fraction of sp³-hybridized carbons (Fsp3) is 0.467. The van der Waals surface area contributed by atoms with Crippen LogP contribution in [0.5, 0.6) is 0 Å². The average Bonchev–Trinajstić information content (AvgIpc) is 2.49. The molecule has 120 valence electrons. The summed E-state index contributed by atoms with van der Waals surface area (Å²) in [4.78, 5) is 24.1. The summed E-state index contributed by atoms with van der Waals surface area (Å²) in [6.45, 7) is 2.26. The largest absolute Gasteiger partial charge is 0.369 e. The molecule has 5 nitrogen and oxygen atoms in total. The Labute approximate surface area is 127 Å². The fourth-order valence-electron chi connectivity index (χ4n) is 2.65. The molecule has 0 saturated carbocycles. The monoisotopic (exact) mass is 312 g/mol. The first kappa shape index (κ1) is 16.4. The molecule has 7 heteroatoms. The van der Waals surface area contributed by atoms with E-state index in [4.69, 9.17) is 5.73 Å². The number of halogens is 2. The van der Waals surface area contributed by atoms with Crippen molar-refractivity contribution in [2.45, 2.75) is 19.3 Å². The lowest BCUT2D eigenvalue weighted by Gasteiger charge is -2.27. The van der Waals surface area contributed by atoms with Crippen molar-refractivity contribution in [3.05, 3.63) is 29.8 Å². The normalized spacial score (nSPS) is 21.4. The van der Waals surface area contributed by atoms with Crippen molar-refractivity contribution in [2.24, 2.45) is 11.7 Å². The number of carbonyl (C=O) groups excluding carboxylic acids is 2. The Morgan fingerprint density at radius 1 is 1.23 bits per heavy atom. The van der Waals surface area contributed by atoms with Gasteiger partial charge in [-0.15, -0.1) is 0 Å². The highest BCUT2D eigenvalue weighted by molar-refractivity contribution is 5.90. The van der Waals surface area contributed by atoms with E-state index in [-0.39, 0.29) is 29.8 Å². The molecule has 1 aliphatic rings. The molecule has 2 amide bonds. The zero-order valence-electron chi connectivity index (χ0n) is 12.2. The third-order valence-corrected chi connectivity index (χ3v) is 4.00. The predicted molar refractivity (Wildman–Crippen MR) is 77.1 cm³/mol. The van der Waals surface area contributed by atoms with Crippen LogP contribution in [0.15, 0.2) is 18.2 Å². The summed E-state index contributed by atoms with van der Waals surface area (Å²) in [5.41, 5.74) is 5.52. The SMILES string of the molecule is NC(=O)C1CC[NH+](CCC(=O)Nc2ccc(F)c(F)c2)CC1. The van der Waals surface area contributed by atoms with Crippen molar-refractivity contribution < 1.29 is 23.3 Å². The lowest BCUT2D eigenvalue weighted by molar-refractivity contribution is -0.905. The van der Waals surface area contributed by atoms with Gasteiger partial charge in [-0.25, -0.2) is 8.78 Å². The molecule has 0 atom stereocenters. The van der Waals surface area contributed by atoms with Gasteiger partial charge in [-0.05, 0) is 12.1 Å². The molecule has 1 aromatic carbocycles. The Morgan fingerprint density at radius 3 is 2.50 bits per heavy atom. The van der Waals surface area contributed by atoms with Crippen LogP contribution in [0.2, 0.25) is 0 Å². The molecule has 1 aromatic rings. The number of benzene rings is 1. The smallest absolute Gasteiger partial charge is 0.230 e. The molecule has 0 spiro atoms. The number of primary amides is 1. The van der Waals surface area contributed by atoms with Crippen molar-refractivity contribution in [3.8, 4) is 0 Å². The van der Waals surface area contributed by atoms with Gasteiger partial charge in [0, 0.05) is 30.5 Å². The van der Waals surface area contributed by atoms with Crippen LogP contribution >= 0.6 is 0 Å². The molecule has 1 heterocycles. The van der Waals surface area contributed by atoms with E-state index in [0.717, 1.165) is 38.1 Å². The minimum atomic E-state index is -0.989. The predicted octanol–water partition coefficient (Wildman–Crippen LogP) is 0.0736. The van der Waals surface area contributed by atoms with Gasteiger partial charge in [0.15, 0.2) is 11.6 Å². The average molecular weight is 312 g/mol. The van der Waals surface area contributed by atoms with E-state index in [2.05, 4.69) is 5.32 Å². The highest BCUT2D eigenvalue weighted by Crippen LogP contribution is 2.13. The van der Waals surface area contributed by atoms with Crippen LogP contribution in [-0.4, -0.2) is 31.4 Å². The second-order valence-electron chi connectivity index (χ2n) is 5.60. The maximum absolute atomic E-state index is 13.0. The first-order valence-electron chi connectivity index (χ1n) is 7.33. The zero-order valence-corrected chi connectivity index (χ0v) is 12.2. The van der Waals surface area contributed by atoms with Crippen LogP contribution in [-0.2, 0) is 9.59 Å². The Bertz CT molecular complexity index is 558. The summed E-state index contributed by atoms with van der Waals surface area (Å²) in [7, 11) is 0. The highest BCUT2D eigenvalue weighted by atomic mass is 19.2. The Hall–Kier alpha value is -2.02. The Morgan fingerprint density at radius 2 is 1.91 bits per heavy atom. The Kier molecular flexibility index (Phi) is 5.43. The number of hydrogen-bond donors (Lipinski definition) is 3. The maximum atomic E-state index is 13.0. The number of rotatable bonds is 5. The van der Waals surface area contributed by atoms with E-state index in [9.17, 15) is 18.4 Å². The molecule has 1 fully saturated rings. The summed E-state index contributed by atoms with van der Waals surface area (Å²) >= 11 is 0. The molecular weight excluding hydrogens is 292 g/mol. The molecule has 0 aliphatic carbocycles. The summed E-state index contributed by atoms with van der Waals surface area (Å²) in [5.74, 6) is -2.48. The van der Waals surface area contributed by atoms with Crippen LogP contribution in [0, 0.1) is 17.6 Å². The second-order valence-corrected chi connectivity index (χ2v) is 5.60. The van der Waals surface area contributed by atoms with E-state index in [1.165, 1.54) is 11.0 Å². The van der Waals surface area contributed by atoms with Crippen molar-refractivity contribution in [1.29, 1.82) is 0 Å². The van der Waals surface area contributed by atoms with Crippen LogP contribution in [0.3, 0.4) is 0 Å². The lowest BCUT2D eigenvalue weighted by Crippen LogP contribution is -3.13. The Balaban J connectivity index is 1.74. The van der Waals surface area contributed by atoms with Gasteiger partial charge < -0.3 is 16.0 Å². The second kappa shape index (κ2) is 7.31. The molecule has 0 aromatic heterocycles. The van der Waals surface area contributed by atoms with Crippen LogP contribution < -0.4 is 16.0 Å². The van der Waals surface area contributed by atoms with Gasteiger partial charge in [-0.2, -0.15) is 0 Å². The number of nitrogens with one attached hydrogen (secondary N) is 2. The maximum Gasteiger partial charge on any atom is 0.230 e. The fourth-order valence-corrected chi connectivity index (χ4v) is 2.65. The number of hydrogen-bond acceptors (Lipinski definition) is 2. The van der Waals surface area contributed by atoms with Gasteiger partial charge in [0.2, 0.25) is 11.8 Å². The molecule has 4 N–H and O–H groups in total. The summed E-state index contributed by atoms with van der Waals surface area (Å²) in [5, 5.41) is 2.54. The number of amides is 2. The van der Waals surface area contributed by atoms with E-state index in [1.807, 2.05) is 0 Å². The van der Waals surface area contributed by atoms with E-state index >= 15 is 0 Å². The van der Waals surface area contributed by atoms with Crippen LogP contribution in [0.25, 0.3) is 0 Å². The molecule has 0 bridgehead atoms. The van der Waals surface area contributed by atoms with Gasteiger partial charge in [-0.3, -0.25) is 9.59 Å². The summed E-state index contributed by atoms with van der Waals surface area (Å²) < 4.78 is 25.8. The quantitative estimate of drug-likeness (QED) is 0.720. The molecule has 0 unspecified atom stereocenters. The molecule has 1 saturated heterocycles. The third-order valence-electron chi connectivity index (χ3n) is 4.00. The number of nitrogens with two attached hydrogens (primary N) is 1. The van der Waals surface area contributed by atoms with E-state index in [1.54, 1.807) is 0 Å². The van der Waals surface area contributed by atoms with Crippen molar-refractivity contribution in [2.75, 3.05) is 25.0 Å². The van der Waals surface area contributed by atoms with Gasteiger partial charge in [0.25, 0.3) is 0 Å². The number of piperidine rings is 1. The summed E-state index contributed by atoms with van der Waals surface area (Å²) in [6.07, 6.45) is 1.78. The van der Waals surface area contributed by atoms with Gasteiger partial charge in [0.05, 0.1) is 26.1 Å². The first-order valence-corrected chi connectivity index (χ1v) is 7.33. The van der Waals surface area contributed by atoms with Crippen LogP contribution in [0.4, 0.5) is 14.5 Å². The number of carbonyl (C=O) groups is 2. The molecule has 0 radical (unpaired) electrons. The van der Waals surface area contributed by atoms with Crippen molar-refractivity contribution >= 4 is 17.5 Å². The molecule has 2 rings (SSSR count). The zero-order chi connectivity index (χ0) is 16.1. The topological polar surface area (TPSA) is 76.6 Å². The summed E-state index contributed by atoms with van der Waals surface area (Å²) in [6, 6.07) is 3.25. The van der Waals surface area contributed by atoms with Gasteiger partial charge >= 0.3 is 0 Å². The van der Waals surface area contributed by atoms with Gasteiger partial charge in [-0.1, -0.05) is 0 Å². The number of likely N-dealkylation sites (tertiary alicyclic amines) is 1. The van der Waals surface area contributed by atoms with E-state index in [0.29, 0.717) is 6.54 Å².